The average molecular weight is 264 g/mol. The van der Waals surface area contributed by atoms with E-state index in [1.54, 1.807) is 12.1 Å². The standard InChI is InChI=1S/C14H14ClNO2/c15-11-2-1-3-13(8-11)18-12-6-4-10(5-7-12)14(16)9-17/h1-8,14,17H,9,16H2/t14-/m0/s1. The zero-order valence-electron chi connectivity index (χ0n) is 9.71. The van der Waals surface area contributed by atoms with Gasteiger partial charge >= 0.3 is 0 Å². The minimum Gasteiger partial charge on any atom is -0.457 e. The number of aliphatic hydroxyl groups excluding tert-OH is 1. The number of aliphatic hydroxyl groups is 1. The van der Waals surface area contributed by atoms with Crippen molar-refractivity contribution in [1.29, 1.82) is 0 Å². The molecule has 0 aliphatic heterocycles. The largest absolute Gasteiger partial charge is 0.457 e. The van der Waals surface area contributed by atoms with Crippen LogP contribution in [0.25, 0.3) is 0 Å². The Kier molecular flexibility index (Phi) is 4.20. The maximum atomic E-state index is 8.95. The van der Waals surface area contributed by atoms with Crippen molar-refractivity contribution in [1.82, 2.24) is 0 Å². The van der Waals surface area contributed by atoms with Crippen molar-refractivity contribution < 1.29 is 9.84 Å². The molecule has 4 heteroatoms. The van der Waals surface area contributed by atoms with Crippen LogP contribution in [0.5, 0.6) is 11.5 Å². The van der Waals surface area contributed by atoms with Crippen molar-refractivity contribution in [2.45, 2.75) is 6.04 Å². The highest BCUT2D eigenvalue weighted by molar-refractivity contribution is 6.30. The fourth-order valence-electron chi connectivity index (χ4n) is 1.56. The maximum absolute atomic E-state index is 8.95. The van der Waals surface area contributed by atoms with Gasteiger partial charge in [-0.2, -0.15) is 0 Å². The highest BCUT2D eigenvalue weighted by Gasteiger charge is 2.04. The zero-order valence-corrected chi connectivity index (χ0v) is 10.5. The van der Waals surface area contributed by atoms with Gasteiger partial charge in [-0.05, 0) is 35.9 Å². The number of halogens is 1. The lowest BCUT2D eigenvalue weighted by Crippen LogP contribution is -2.14. The van der Waals surface area contributed by atoms with Crippen molar-refractivity contribution in [3.8, 4) is 11.5 Å². The highest BCUT2D eigenvalue weighted by atomic mass is 35.5. The summed E-state index contributed by atoms with van der Waals surface area (Å²) < 4.78 is 5.64. The molecule has 2 rings (SSSR count). The number of benzene rings is 2. The van der Waals surface area contributed by atoms with E-state index in [0.29, 0.717) is 16.5 Å². The topological polar surface area (TPSA) is 55.5 Å². The van der Waals surface area contributed by atoms with Crippen LogP contribution in [-0.4, -0.2) is 11.7 Å². The van der Waals surface area contributed by atoms with E-state index in [9.17, 15) is 0 Å². The summed E-state index contributed by atoms with van der Waals surface area (Å²) in [6.45, 7) is -0.0749. The van der Waals surface area contributed by atoms with E-state index < -0.39 is 0 Å². The van der Waals surface area contributed by atoms with Crippen LogP contribution in [0.1, 0.15) is 11.6 Å². The van der Waals surface area contributed by atoms with Crippen LogP contribution in [0.2, 0.25) is 5.02 Å². The molecule has 0 amide bonds. The van der Waals surface area contributed by atoms with E-state index in [1.807, 2.05) is 36.4 Å². The average Bonchev–Trinajstić information content (AvgIpc) is 2.39. The second-order valence-corrected chi connectivity index (χ2v) is 4.35. The Morgan fingerprint density at radius 2 is 1.83 bits per heavy atom. The lowest BCUT2D eigenvalue weighted by atomic mass is 10.1. The van der Waals surface area contributed by atoms with Gasteiger partial charge in [0.05, 0.1) is 12.6 Å². The van der Waals surface area contributed by atoms with Crippen molar-refractivity contribution >= 4 is 11.6 Å². The summed E-state index contributed by atoms with van der Waals surface area (Å²) in [6.07, 6.45) is 0. The summed E-state index contributed by atoms with van der Waals surface area (Å²) in [5.74, 6) is 1.38. The highest BCUT2D eigenvalue weighted by Crippen LogP contribution is 2.25. The quantitative estimate of drug-likeness (QED) is 0.891. The van der Waals surface area contributed by atoms with E-state index in [2.05, 4.69) is 0 Å². The van der Waals surface area contributed by atoms with Crippen LogP contribution in [0, 0.1) is 0 Å². The third kappa shape index (κ3) is 3.23. The van der Waals surface area contributed by atoms with Crippen LogP contribution in [0.4, 0.5) is 0 Å². The summed E-state index contributed by atoms with van der Waals surface area (Å²) in [7, 11) is 0. The maximum Gasteiger partial charge on any atom is 0.128 e. The number of ether oxygens (including phenoxy) is 1. The van der Waals surface area contributed by atoms with E-state index in [1.165, 1.54) is 0 Å². The predicted octanol–water partition coefficient (Wildman–Crippen LogP) is 3.12. The van der Waals surface area contributed by atoms with Gasteiger partial charge in [-0.3, -0.25) is 0 Å². The molecule has 1 atom stereocenters. The van der Waals surface area contributed by atoms with Gasteiger partial charge in [0.1, 0.15) is 11.5 Å². The number of rotatable bonds is 4. The van der Waals surface area contributed by atoms with Crippen LogP contribution < -0.4 is 10.5 Å². The summed E-state index contributed by atoms with van der Waals surface area (Å²) in [4.78, 5) is 0. The number of hydrogen-bond donors (Lipinski definition) is 2. The molecule has 94 valence electrons. The second-order valence-electron chi connectivity index (χ2n) is 3.92. The molecule has 0 aliphatic rings. The van der Waals surface area contributed by atoms with Crippen LogP contribution in [0.15, 0.2) is 48.5 Å². The molecule has 0 radical (unpaired) electrons. The lowest BCUT2D eigenvalue weighted by molar-refractivity contribution is 0.268. The first-order valence-corrected chi connectivity index (χ1v) is 5.96. The first-order valence-electron chi connectivity index (χ1n) is 5.59. The van der Waals surface area contributed by atoms with Gasteiger partial charge in [-0.15, -0.1) is 0 Å². The van der Waals surface area contributed by atoms with Gasteiger partial charge in [0.2, 0.25) is 0 Å². The van der Waals surface area contributed by atoms with E-state index in [0.717, 1.165) is 5.56 Å². The normalized spacial score (nSPS) is 12.2. The van der Waals surface area contributed by atoms with Gasteiger partial charge in [0.25, 0.3) is 0 Å². The minimum atomic E-state index is -0.356. The smallest absolute Gasteiger partial charge is 0.128 e. The molecule has 0 heterocycles. The first kappa shape index (κ1) is 12.9. The molecule has 0 bridgehead atoms. The molecule has 0 unspecified atom stereocenters. The molecule has 0 fully saturated rings. The molecule has 3 N–H and O–H groups in total. The van der Waals surface area contributed by atoms with Gasteiger partial charge in [-0.1, -0.05) is 29.8 Å². The molecule has 3 nitrogen and oxygen atoms in total. The lowest BCUT2D eigenvalue weighted by Gasteiger charge is -2.10. The summed E-state index contributed by atoms with van der Waals surface area (Å²) >= 11 is 5.87. The zero-order chi connectivity index (χ0) is 13.0. The first-order chi connectivity index (χ1) is 8.69. The monoisotopic (exact) mass is 263 g/mol. The Labute approximate surface area is 111 Å². The Balaban J connectivity index is 2.11. The number of nitrogens with two attached hydrogens (primary N) is 1. The Hall–Kier alpha value is -1.55. The van der Waals surface area contributed by atoms with Gasteiger partial charge < -0.3 is 15.6 Å². The third-order valence-corrected chi connectivity index (χ3v) is 2.77. The Bertz CT molecular complexity index is 513. The molecule has 0 saturated carbocycles. The molecule has 0 saturated heterocycles. The fraction of sp³-hybridized carbons (Fsp3) is 0.143. The number of hydrogen-bond acceptors (Lipinski definition) is 3. The van der Waals surface area contributed by atoms with E-state index in [4.69, 9.17) is 27.2 Å². The van der Waals surface area contributed by atoms with Crippen molar-refractivity contribution in [2.24, 2.45) is 5.73 Å². The Morgan fingerprint density at radius 1 is 1.11 bits per heavy atom. The minimum absolute atomic E-state index is 0.0749. The molecule has 0 aromatic heterocycles. The molecule has 0 aliphatic carbocycles. The Morgan fingerprint density at radius 3 is 2.44 bits per heavy atom. The summed E-state index contributed by atoms with van der Waals surface area (Å²) in [5, 5.41) is 9.58. The molecule has 0 spiro atoms. The van der Waals surface area contributed by atoms with E-state index in [-0.39, 0.29) is 12.6 Å². The van der Waals surface area contributed by atoms with Crippen molar-refractivity contribution in [2.75, 3.05) is 6.61 Å². The summed E-state index contributed by atoms with van der Waals surface area (Å²) in [5.41, 5.74) is 6.58. The van der Waals surface area contributed by atoms with Crippen LogP contribution in [0.3, 0.4) is 0 Å². The van der Waals surface area contributed by atoms with Crippen LogP contribution >= 0.6 is 11.6 Å². The van der Waals surface area contributed by atoms with E-state index >= 15 is 0 Å². The summed E-state index contributed by atoms with van der Waals surface area (Å²) in [6, 6.07) is 14.1. The molecular weight excluding hydrogens is 250 g/mol. The van der Waals surface area contributed by atoms with Gasteiger partial charge in [-0.25, -0.2) is 0 Å². The van der Waals surface area contributed by atoms with Gasteiger partial charge in [0.15, 0.2) is 0 Å². The van der Waals surface area contributed by atoms with Crippen molar-refractivity contribution in [3.63, 3.8) is 0 Å². The molecular formula is C14H14ClNO2. The SMILES string of the molecule is N[C@@H](CO)c1ccc(Oc2cccc(Cl)c2)cc1. The fourth-order valence-corrected chi connectivity index (χ4v) is 1.74. The third-order valence-electron chi connectivity index (χ3n) is 2.54. The van der Waals surface area contributed by atoms with Gasteiger partial charge in [0, 0.05) is 5.02 Å². The molecule has 18 heavy (non-hydrogen) atoms. The molecule has 2 aromatic rings. The predicted molar refractivity (Wildman–Crippen MR) is 72.0 cm³/mol. The van der Waals surface area contributed by atoms with Crippen molar-refractivity contribution in [3.05, 3.63) is 59.1 Å². The molecule has 2 aromatic carbocycles. The van der Waals surface area contributed by atoms with Crippen LogP contribution in [-0.2, 0) is 0 Å². The second kappa shape index (κ2) is 5.87.